The molecule has 0 bridgehead atoms. The number of benzene rings is 2. The highest BCUT2D eigenvalue weighted by atomic mass is 35.5. The maximum absolute atomic E-state index is 12.7. The van der Waals surface area contributed by atoms with Crippen LogP contribution in [-0.4, -0.2) is 23.6 Å². The molecule has 0 fully saturated rings. The van der Waals surface area contributed by atoms with Crippen molar-refractivity contribution in [1.29, 1.82) is 10.8 Å². The van der Waals surface area contributed by atoms with Gasteiger partial charge in [0.1, 0.15) is 5.84 Å². The Morgan fingerprint density at radius 3 is 2.23 bits per heavy atom. The number of anilines is 1. The Kier molecular flexibility index (Phi) is 5.83. The van der Waals surface area contributed by atoms with E-state index in [2.05, 4.69) is 5.32 Å². The van der Waals surface area contributed by atoms with Gasteiger partial charge in [-0.2, -0.15) is 0 Å². The van der Waals surface area contributed by atoms with Crippen molar-refractivity contribution in [3.63, 3.8) is 0 Å². The summed E-state index contributed by atoms with van der Waals surface area (Å²) in [5.74, 6) is -0.0161. The molecule has 2 rings (SSSR count). The Balaban J connectivity index is 2.58. The number of amides is 1. The molecule has 0 spiro atoms. The average molecular weight is 371 g/mol. The van der Waals surface area contributed by atoms with Crippen LogP contribution in [0.3, 0.4) is 0 Å². The lowest BCUT2D eigenvalue weighted by molar-refractivity contribution is 0.0919. The van der Waals surface area contributed by atoms with Crippen LogP contribution in [0, 0.1) is 10.8 Å². The summed E-state index contributed by atoms with van der Waals surface area (Å²) < 4.78 is 0. The zero-order valence-corrected chi connectivity index (χ0v) is 16.1. The smallest absolute Gasteiger partial charge is 0.251 e. The number of nitrogens with one attached hydrogen (secondary N) is 3. The van der Waals surface area contributed by atoms with Crippen molar-refractivity contribution in [1.82, 2.24) is 5.32 Å². The first-order chi connectivity index (χ1) is 12.1. The quantitative estimate of drug-likeness (QED) is 0.526. The summed E-state index contributed by atoms with van der Waals surface area (Å²) >= 11 is 5.97. The molecule has 0 radical (unpaired) electrons. The summed E-state index contributed by atoms with van der Waals surface area (Å²) in [6, 6.07) is 12.7. The number of amidine groups is 1. The Bertz CT molecular complexity index is 838. The molecule has 6 heteroatoms. The van der Waals surface area contributed by atoms with Crippen LogP contribution in [0.2, 0.25) is 5.02 Å². The van der Waals surface area contributed by atoms with E-state index in [4.69, 9.17) is 22.4 Å². The lowest BCUT2D eigenvalue weighted by Gasteiger charge is -2.23. The van der Waals surface area contributed by atoms with Crippen molar-refractivity contribution in [2.45, 2.75) is 33.2 Å². The fourth-order valence-electron chi connectivity index (χ4n) is 2.47. The molecule has 26 heavy (non-hydrogen) atoms. The number of halogens is 1. The second-order valence-corrected chi connectivity index (χ2v) is 7.50. The molecule has 1 amide bonds. The van der Waals surface area contributed by atoms with Crippen molar-refractivity contribution >= 4 is 35.4 Å². The zero-order chi connectivity index (χ0) is 19.5. The van der Waals surface area contributed by atoms with Crippen LogP contribution < -0.4 is 10.2 Å². The number of carbonyl (C=O) groups is 1. The zero-order valence-electron chi connectivity index (χ0n) is 15.4. The highest BCUT2D eigenvalue weighted by molar-refractivity contribution is 6.30. The molecule has 0 aromatic heterocycles. The number of hydrogen-bond acceptors (Lipinski definition) is 3. The van der Waals surface area contributed by atoms with E-state index in [1.807, 2.05) is 39.0 Å². The summed E-state index contributed by atoms with van der Waals surface area (Å²) in [5, 5.41) is 19.0. The summed E-state index contributed by atoms with van der Waals surface area (Å²) in [6.45, 7) is 7.34. The molecule has 2 aromatic rings. The second-order valence-electron chi connectivity index (χ2n) is 7.06. The molecule has 0 aliphatic heterocycles. The number of rotatable bonds is 4. The van der Waals surface area contributed by atoms with Gasteiger partial charge in [0.05, 0.1) is 6.34 Å². The predicted molar refractivity (Wildman–Crippen MR) is 109 cm³/mol. The third-order valence-corrected chi connectivity index (χ3v) is 3.87. The van der Waals surface area contributed by atoms with E-state index in [1.54, 1.807) is 31.2 Å². The Morgan fingerprint density at radius 2 is 1.73 bits per heavy atom. The summed E-state index contributed by atoms with van der Waals surface area (Å²) in [5.41, 5.74) is 2.39. The molecule has 0 aliphatic carbocycles. The minimum absolute atomic E-state index is 0.190. The van der Waals surface area contributed by atoms with Crippen LogP contribution in [0.5, 0.6) is 0 Å². The van der Waals surface area contributed by atoms with Gasteiger partial charge in [-0.05, 0) is 69.2 Å². The number of carbonyl (C=O) groups excluding carboxylic acids is 1. The molecule has 2 aromatic carbocycles. The van der Waals surface area contributed by atoms with E-state index in [-0.39, 0.29) is 17.3 Å². The molecule has 0 heterocycles. The summed E-state index contributed by atoms with van der Waals surface area (Å²) in [4.78, 5) is 14.1. The maximum atomic E-state index is 12.7. The minimum Gasteiger partial charge on any atom is -0.347 e. The molecular weight excluding hydrogens is 348 g/mol. The summed E-state index contributed by atoms with van der Waals surface area (Å²) in [7, 11) is 0. The third-order valence-electron chi connectivity index (χ3n) is 3.61. The van der Waals surface area contributed by atoms with E-state index >= 15 is 0 Å². The van der Waals surface area contributed by atoms with Crippen molar-refractivity contribution in [3.05, 3.63) is 53.1 Å². The summed E-state index contributed by atoms with van der Waals surface area (Å²) in [6.07, 6.45) is 1.06. The van der Waals surface area contributed by atoms with Gasteiger partial charge in [-0.25, -0.2) is 0 Å². The normalized spacial score (nSPS) is 11.0. The maximum Gasteiger partial charge on any atom is 0.251 e. The fourth-order valence-corrected chi connectivity index (χ4v) is 2.59. The molecular formula is C20H23ClN4O. The van der Waals surface area contributed by atoms with Gasteiger partial charge in [0.2, 0.25) is 0 Å². The molecule has 0 unspecified atom stereocenters. The van der Waals surface area contributed by atoms with Gasteiger partial charge < -0.3 is 5.32 Å². The van der Waals surface area contributed by atoms with Gasteiger partial charge >= 0.3 is 0 Å². The molecule has 0 aliphatic rings. The van der Waals surface area contributed by atoms with E-state index < -0.39 is 0 Å². The monoisotopic (exact) mass is 370 g/mol. The first kappa shape index (κ1) is 19.7. The second kappa shape index (κ2) is 7.70. The van der Waals surface area contributed by atoms with Crippen molar-refractivity contribution < 1.29 is 4.79 Å². The van der Waals surface area contributed by atoms with Crippen molar-refractivity contribution in [2.24, 2.45) is 0 Å². The van der Waals surface area contributed by atoms with Gasteiger partial charge in [-0.3, -0.25) is 20.5 Å². The molecule has 5 nitrogen and oxygen atoms in total. The highest BCUT2D eigenvalue weighted by Crippen LogP contribution is 2.28. The van der Waals surface area contributed by atoms with E-state index in [0.717, 1.165) is 17.5 Å². The third kappa shape index (κ3) is 4.92. The standard InChI is InChI=1S/C20H23ClN4O/c1-13(23)25(12-22)18-10-15(14-5-7-17(21)8-6-14)9-16(11-18)19(26)24-20(2,3)4/h5-12,22-23H,1-4H3,(H,24,26). The average Bonchev–Trinajstić information content (AvgIpc) is 2.54. The van der Waals surface area contributed by atoms with Crippen LogP contribution in [0.4, 0.5) is 5.69 Å². The van der Waals surface area contributed by atoms with Crippen molar-refractivity contribution in [3.8, 4) is 11.1 Å². The molecule has 0 saturated carbocycles. The Morgan fingerprint density at radius 1 is 1.12 bits per heavy atom. The largest absolute Gasteiger partial charge is 0.347 e. The topological polar surface area (TPSA) is 80.0 Å². The molecule has 136 valence electrons. The Labute approximate surface area is 159 Å². The van der Waals surface area contributed by atoms with Crippen LogP contribution in [0.1, 0.15) is 38.1 Å². The van der Waals surface area contributed by atoms with Gasteiger partial charge in [0.25, 0.3) is 5.91 Å². The fraction of sp³-hybridized carbons (Fsp3) is 0.250. The minimum atomic E-state index is -0.369. The first-order valence-electron chi connectivity index (χ1n) is 8.19. The van der Waals surface area contributed by atoms with E-state index in [9.17, 15) is 4.79 Å². The van der Waals surface area contributed by atoms with E-state index in [1.165, 1.54) is 4.90 Å². The molecule has 0 atom stereocenters. The Hall–Kier alpha value is -2.66. The highest BCUT2D eigenvalue weighted by Gasteiger charge is 2.18. The molecule has 0 saturated heterocycles. The van der Waals surface area contributed by atoms with Crippen LogP contribution in [0.25, 0.3) is 11.1 Å². The number of nitrogens with zero attached hydrogens (tertiary/aromatic N) is 1. The first-order valence-corrected chi connectivity index (χ1v) is 8.57. The van der Waals surface area contributed by atoms with Crippen LogP contribution in [-0.2, 0) is 0 Å². The van der Waals surface area contributed by atoms with Gasteiger partial charge in [-0.1, -0.05) is 23.7 Å². The van der Waals surface area contributed by atoms with E-state index in [0.29, 0.717) is 16.3 Å². The lowest BCUT2D eigenvalue weighted by atomic mass is 10.00. The van der Waals surface area contributed by atoms with Gasteiger partial charge in [0, 0.05) is 21.8 Å². The van der Waals surface area contributed by atoms with Crippen LogP contribution >= 0.6 is 11.6 Å². The van der Waals surface area contributed by atoms with Gasteiger partial charge in [-0.15, -0.1) is 0 Å². The van der Waals surface area contributed by atoms with Gasteiger partial charge in [0.15, 0.2) is 0 Å². The predicted octanol–water partition coefficient (Wildman–Crippen LogP) is 4.95. The SMILES string of the molecule is CC(=N)N(C=N)c1cc(C(=O)NC(C)(C)C)cc(-c2ccc(Cl)cc2)c1. The molecule has 3 N–H and O–H groups in total. The van der Waals surface area contributed by atoms with Crippen LogP contribution in [0.15, 0.2) is 42.5 Å². The number of hydrogen-bond donors (Lipinski definition) is 3. The van der Waals surface area contributed by atoms with Crippen molar-refractivity contribution in [2.75, 3.05) is 4.90 Å². The lowest BCUT2D eigenvalue weighted by Crippen LogP contribution is -2.40.